The monoisotopic (exact) mass is 543 g/mol. The number of ether oxygens (including phenoxy) is 1. The van der Waals surface area contributed by atoms with Crippen LogP contribution in [-0.4, -0.2) is 32.3 Å². The van der Waals surface area contributed by atoms with Gasteiger partial charge in [-0.25, -0.2) is 0 Å². The minimum Gasteiger partial charge on any atom is -0.483 e. The van der Waals surface area contributed by atoms with Crippen molar-refractivity contribution in [1.29, 1.82) is 0 Å². The van der Waals surface area contributed by atoms with Crippen molar-refractivity contribution in [3.8, 4) is 11.4 Å². The number of amides is 2. The number of anilines is 2. The molecule has 4 aromatic rings. The molecule has 1 unspecified atom stereocenters. The van der Waals surface area contributed by atoms with Gasteiger partial charge in [-0.2, -0.15) is 0 Å². The Morgan fingerprint density at radius 1 is 0.949 bits per heavy atom. The summed E-state index contributed by atoms with van der Waals surface area (Å²) in [6, 6.07) is 23.3. The van der Waals surface area contributed by atoms with E-state index in [4.69, 9.17) is 4.74 Å². The fourth-order valence-corrected chi connectivity index (χ4v) is 4.76. The summed E-state index contributed by atoms with van der Waals surface area (Å²) in [4.78, 5) is 24.3. The van der Waals surface area contributed by atoms with Crippen LogP contribution in [0.15, 0.2) is 78.0 Å². The molecule has 2 amide bonds. The number of aromatic nitrogens is 3. The van der Waals surface area contributed by atoms with Crippen LogP contribution in [0.1, 0.15) is 56.7 Å². The third-order valence-corrected chi connectivity index (χ3v) is 6.99. The van der Waals surface area contributed by atoms with Crippen molar-refractivity contribution in [2.45, 2.75) is 51.8 Å². The van der Waals surface area contributed by atoms with Crippen LogP contribution in [0.4, 0.5) is 11.4 Å². The van der Waals surface area contributed by atoms with Gasteiger partial charge in [-0.1, -0.05) is 62.0 Å². The largest absolute Gasteiger partial charge is 0.483 e. The molecular formula is C30H33N5O3S. The first-order valence-corrected chi connectivity index (χ1v) is 13.8. The lowest BCUT2D eigenvalue weighted by molar-refractivity contribution is -0.114. The van der Waals surface area contributed by atoms with E-state index < -0.39 is 0 Å². The molecular weight excluding hydrogens is 510 g/mol. The number of para-hydroxylation sites is 1. The first-order chi connectivity index (χ1) is 18.7. The van der Waals surface area contributed by atoms with Gasteiger partial charge in [0, 0.05) is 24.0 Å². The van der Waals surface area contributed by atoms with Gasteiger partial charge in [0.2, 0.25) is 11.8 Å². The Labute approximate surface area is 233 Å². The third kappa shape index (κ3) is 7.26. The molecule has 0 aliphatic carbocycles. The summed E-state index contributed by atoms with van der Waals surface area (Å²) in [5.41, 5.74) is 4.30. The predicted molar refractivity (Wildman–Crippen MR) is 156 cm³/mol. The van der Waals surface area contributed by atoms with Crippen LogP contribution in [0.25, 0.3) is 5.69 Å². The summed E-state index contributed by atoms with van der Waals surface area (Å²) in [7, 11) is 0. The molecule has 0 saturated carbocycles. The summed E-state index contributed by atoms with van der Waals surface area (Å²) >= 11 is 1.29. The van der Waals surface area contributed by atoms with Crippen molar-refractivity contribution in [3.63, 3.8) is 0 Å². The van der Waals surface area contributed by atoms with Gasteiger partial charge in [-0.15, -0.1) is 10.2 Å². The van der Waals surface area contributed by atoms with Gasteiger partial charge in [-0.05, 0) is 67.3 Å². The number of carbonyl (C=O) groups is 2. The lowest BCUT2D eigenvalue weighted by Crippen LogP contribution is -2.16. The molecule has 8 nitrogen and oxygen atoms in total. The predicted octanol–water partition coefficient (Wildman–Crippen LogP) is 6.53. The van der Waals surface area contributed by atoms with E-state index in [9.17, 15) is 9.59 Å². The quantitative estimate of drug-likeness (QED) is 0.221. The van der Waals surface area contributed by atoms with Gasteiger partial charge in [0.05, 0.1) is 5.75 Å². The van der Waals surface area contributed by atoms with E-state index in [1.165, 1.54) is 24.2 Å². The molecule has 0 radical (unpaired) electrons. The second-order valence-electron chi connectivity index (χ2n) is 9.54. The number of aryl methyl sites for hydroxylation is 1. The number of carbonyl (C=O) groups excluding carboxylic acids is 2. The van der Waals surface area contributed by atoms with E-state index in [2.05, 4.69) is 46.8 Å². The average Bonchev–Trinajstić information content (AvgIpc) is 3.34. The molecule has 2 N–H and O–H groups in total. The van der Waals surface area contributed by atoms with E-state index in [1.807, 2.05) is 66.9 Å². The molecule has 0 aliphatic heterocycles. The summed E-state index contributed by atoms with van der Waals surface area (Å²) in [6.07, 6.45) is -0.384. The van der Waals surface area contributed by atoms with Crippen LogP contribution in [0.3, 0.4) is 0 Å². The van der Waals surface area contributed by atoms with Crippen molar-refractivity contribution in [3.05, 3.63) is 89.7 Å². The number of nitrogens with zero attached hydrogens (tertiary/aromatic N) is 3. The first-order valence-electron chi connectivity index (χ1n) is 12.8. The zero-order valence-corrected chi connectivity index (χ0v) is 23.6. The van der Waals surface area contributed by atoms with E-state index in [-0.39, 0.29) is 23.7 Å². The van der Waals surface area contributed by atoms with Gasteiger partial charge >= 0.3 is 0 Å². The molecule has 3 aromatic carbocycles. The van der Waals surface area contributed by atoms with Crippen molar-refractivity contribution in [2.24, 2.45) is 0 Å². The van der Waals surface area contributed by atoms with Crippen molar-refractivity contribution in [2.75, 3.05) is 16.4 Å². The van der Waals surface area contributed by atoms with Crippen LogP contribution < -0.4 is 15.4 Å². The number of thioether (sulfide) groups is 1. The van der Waals surface area contributed by atoms with Gasteiger partial charge < -0.3 is 15.4 Å². The SMILES string of the molecule is CC(=O)Nc1cc(NC(=O)CSc2nnc(C(C)Oc3ccc(C(C)C)cc3)n2-c2ccccc2)ccc1C. The molecule has 202 valence electrons. The van der Waals surface area contributed by atoms with Crippen LogP contribution in [0.5, 0.6) is 5.75 Å². The number of hydrogen-bond donors (Lipinski definition) is 2. The van der Waals surface area contributed by atoms with Crippen molar-refractivity contribution in [1.82, 2.24) is 14.8 Å². The highest BCUT2D eigenvalue weighted by Crippen LogP contribution is 2.29. The number of rotatable bonds is 10. The van der Waals surface area contributed by atoms with Crippen LogP contribution >= 0.6 is 11.8 Å². The molecule has 1 heterocycles. The Morgan fingerprint density at radius 3 is 2.33 bits per heavy atom. The first kappa shape index (κ1) is 27.9. The molecule has 4 rings (SSSR count). The molecule has 0 spiro atoms. The summed E-state index contributed by atoms with van der Waals surface area (Å²) in [6.45, 7) is 9.60. The Bertz CT molecular complexity index is 1430. The van der Waals surface area contributed by atoms with E-state index in [0.717, 1.165) is 17.0 Å². The Hall–Kier alpha value is -4.11. The molecule has 0 fully saturated rings. The van der Waals surface area contributed by atoms with Crippen LogP contribution in [0.2, 0.25) is 0 Å². The van der Waals surface area contributed by atoms with Gasteiger partial charge in [-0.3, -0.25) is 14.2 Å². The highest BCUT2D eigenvalue weighted by Gasteiger charge is 2.22. The number of benzene rings is 3. The van der Waals surface area contributed by atoms with Gasteiger partial charge in [0.25, 0.3) is 0 Å². The average molecular weight is 544 g/mol. The molecule has 9 heteroatoms. The Kier molecular flexibility index (Phi) is 9.03. The molecule has 39 heavy (non-hydrogen) atoms. The number of nitrogens with one attached hydrogen (secondary N) is 2. The summed E-state index contributed by atoms with van der Waals surface area (Å²) < 4.78 is 8.14. The topological polar surface area (TPSA) is 98.1 Å². The summed E-state index contributed by atoms with van der Waals surface area (Å²) in [5.74, 6) is 1.59. The summed E-state index contributed by atoms with van der Waals surface area (Å²) in [5, 5.41) is 15.1. The van der Waals surface area contributed by atoms with Crippen LogP contribution in [-0.2, 0) is 9.59 Å². The standard InChI is InChI=1S/C30H33N5O3S/c1-19(2)23-12-15-26(16-13-23)38-21(4)29-33-34-30(35(29)25-9-7-6-8-10-25)39-18-28(37)32-24-14-11-20(3)27(17-24)31-22(5)36/h6-17,19,21H,18H2,1-5H3,(H,31,36)(H,32,37). The third-order valence-electron chi connectivity index (χ3n) is 6.06. The Balaban J connectivity index is 1.50. The van der Waals surface area contributed by atoms with Crippen LogP contribution in [0, 0.1) is 6.92 Å². The maximum atomic E-state index is 12.8. The van der Waals surface area contributed by atoms with E-state index in [1.54, 1.807) is 12.1 Å². The highest BCUT2D eigenvalue weighted by molar-refractivity contribution is 7.99. The fraction of sp³-hybridized carbons (Fsp3) is 0.267. The maximum absolute atomic E-state index is 12.8. The molecule has 0 bridgehead atoms. The fourth-order valence-electron chi connectivity index (χ4n) is 4.00. The molecule has 0 saturated heterocycles. The molecule has 0 aliphatic rings. The van der Waals surface area contributed by atoms with Crippen molar-refractivity contribution >= 4 is 35.0 Å². The maximum Gasteiger partial charge on any atom is 0.234 e. The zero-order chi connectivity index (χ0) is 27.9. The Morgan fingerprint density at radius 2 is 1.67 bits per heavy atom. The lowest BCUT2D eigenvalue weighted by atomic mass is 10.0. The van der Waals surface area contributed by atoms with E-state index >= 15 is 0 Å². The molecule has 1 aromatic heterocycles. The zero-order valence-electron chi connectivity index (χ0n) is 22.8. The van der Waals surface area contributed by atoms with E-state index in [0.29, 0.717) is 28.3 Å². The normalized spacial score (nSPS) is 11.7. The van der Waals surface area contributed by atoms with Gasteiger partial charge in [0.15, 0.2) is 17.1 Å². The lowest BCUT2D eigenvalue weighted by Gasteiger charge is -2.17. The minimum absolute atomic E-state index is 0.125. The van der Waals surface area contributed by atoms with Gasteiger partial charge in [0.1, 0.15) is 5.75 Å². The molecule has 1 atom stereocenters. The highest BCUT2D eigenvalue weighted by atomic mass is 32.2. The minimum atomic E-state index is -0.384. The number of hydrogen-bond acceptors (Lipinski definition) is 6. The van der Waals surface area contributed by atoms with Crippen molar-refractivity contribution < 1.29 is 14.3 Å². The second kappa shape index (κ2) is 12.6. The second-order valence-corrected chi connectivity index (χ2v) is 10.5. The smallest absolute Gasteiger partial charge is 0.234 e.